The number of allylic oxidation sites excluding steroid dienone is 5. The molecule has 0 bridgehead atoms. The van der Waals surface area contributed by atoms with E-state index in [2.05, 4.69) is 122 Å². The molecule has 26 atom stereocenters. The number of halogens is 1. The van der Waals surface area contributed by atoms with Crippen molar-refractivity contribution in [1.29, 1.82) is 0.954 Å². The molecule has 12 rings (SSSR count). The van der Waals surface area contributed by atoms with Crippen LogP contribution >= 0.6 is 38.0 Å². The number of carbonyl (C=O) groups is 4. The van der Waals surface area contributed by atoms with E-state index in [-0.39, 0.29) is 40.3 Å². The van der Waals surface area contributed by atoms with Gasteiger partial charge in [-0.25, -0.2) is 0 Å². The molecule has 0 spiro atoms. The van der Waals surface area contributed by atoms with Gasteiger partial charge in [0.1, 0.15) is 0 Å². The van der Waals surface area contributed by atoms with E-state index < -0.39 is 0 Å². The largest absolute Gasteiger partial charge is 0.187 e. The van der Waals surface area contributed by atoms with Gasteiger partial charge in [-0.1, -0.05) is 112 Å². The Morgan fingerprint density at radius 3 is 1.42 bits per heavy atom. The van der Waals surface area contributed by atoms with Crippen molar-refractivity contribution in [1.82, 2.24) is 0 Å². The topological polar surface area (TPSA) is 116 Å². The van der Waals surface area contributed by atoms with Crippen LogP contribution in [-0.2, 0) is 46.0 Å². The normalized spacial score (nSPS) is 43.2. The van der Waals surface area contributed by atoms with Gasteiger partial charge < -0.3 is 19.3 Å². The zero-order valence-electron chi connectivity index (χ0n) is 62.6. The third-order valence-corrected chi connectivity index (χ3v) is 30.3. The second-order valence-corrected chi connectivity index (χ2v) is 35.7. The average molecular weight is 1490 g/mol. The van der Waals surface area contributed by atoms with Crippen LogP contribution in [0.2, 0.25) is 0 Å². The molecule has 12 aliphatic carbocycles. The number of aliphatic hydroxyl groups excluding tert-OH is 1. The smallest absolute Gasteiger partial charge is 0.0996 e. The number of carbonyl (C=O) groups excluding carboxylic acids is 4. The predicted octanol–water partition coefficient (Wildman–Crippen LogP) is 20.0. The molecule has 0 aliphatic heterocycles. The molecule has 9 saturated carbocycles. The quantitative estimate of drug-likeness (QED) is 0.0513. The maximum absolute atomic E-state index is 13.7. The molecule has 0 heterocycles. The van der Waals surface area contributed by atoms with Crippen molar-refractivity contribution in [2.75, 3.05) is 34.7 Å². The van der Waals surface area contributed by atoms with Gasteiger partial charge in [0.2, 0.25) is 0 Å². The molecular formula is C80H134BCuIO8P2. The number of methoxy groups -OCH3 is 3. The van der Waals surface area contributed by atoms with E-state index in [0.29, 0.717) is 94.6 Å². The summed E-state index contributed by atoms with van der Waals surface area (Å²) in [5.41, 5.74) is 6.23. The molecule has 13 heteroatoms. The average Bonchev–Trinajstić information content (AvgIpc) is 1.38. The first-order valence-corrected chi connectivity index (χ1v) is 43.4. The van der Waals surface area contributed by atoms with Crippen LogP contribution in [0.4, 0.5) is 0 Å². The third-order valence-electron chi connectivity index (χ3n) is 30.3. The summed E-state index contributed by atoms with van der Waals surface area (Å²) in [6.07, 6.45) is 40.2. The number of aliphatic hydroxyl groups is 1. The van der Waals surface area contributed by atoms with Gasteiger partial charge in [-0.3, -0.25) is 19.2 Å². The zero-order valence-corrected chi connectivity index (χ0v) is 66.9. The van der Waals surface area contributed by atoms with E-state index in [9.17, 15) is 24.3 Å². The molecule has 8 nitrogen and oxygen atoms in total. The summed E-state index contributed by atoms with van der Waals surface area (Å²) in [7, 11) is 11.9. The molecule has 93 heavy (non-hydrogen) atoms. The van der Waals surface area contributed by atoms with Crippen LogP contribution in [-0.4, -0.2) is 78.1 Å². The predicted molar refractivity (Wildman–Crippen MR) is 397 cm³/mol. The molecule has 0 amide bonds. The Kier molecular flexibility index (Phi) is 28.5. The van der Waals surface area contributed by atoms with E-state index in [0.717, 1.165) is 100 Å². The first kappa shape index (κ1) is 78.2. The number of ether oxygens (including phenoxy) is 3. The van der Waals surface area contributed by atoms with Crippen molar-refractivity contribution in [3.63, 3.8) is 0 Å². The summed E-state index contributed by atoms with van der Waals surface area (Å²) in [6.45, 7) is 33.3. The van der Waals surface area contributed by atoms with Gasteiger partial charge in [0, 0.05) is 30.1 Å². The number of esters is 3. The Morgan fingerprint density at radius 1 is 0.591 bits per heavy atom. The fourth-order valence-corrected chi connectivity index (χ4v) is 24.8. The van der Waals surface area contributed by atoms with Crippen molar-refractivity contribution < 1.29 is 51.1 Å². The molecular weight excluding hydrogens is 1350 g/mol. The van der Waals surface area contributed by atoms with Crippen LogP contribution in [0, 0.1) is 139 Å². The summed E-state index contributed by atoms with van der Waals surface area (Å²) >= 11 is 2.89. The van der Waals surface area contributed by atoms with E-state index in [1.807, 2.05) is 35.0 Å². The summed E-state index contributed by atoms with van der Waals surface area (Å²) in [5.74, 6) is 12.4. The second-order valence-electron chi connectivity index (χ2n) is 34.7. The second kappa shape index (κ2) is 33.9. The standard InChI is InChI=1S/C26H42O3.C26H40O3.C26H42O2.C2H7P.BH2P.Cu.HI.H/c2*1-16-12-13-25(3)18(14-16)7-8-19-21-10-9-20(17(2)6-11-24(28)29-5)26(21,4)23(27)15-22(19)25;1-17-12-14-25(3)19(16-17)7-8-20-22-10-9-21(18(2)6-11-24(27)28-5)26(22,4)15-13-23(20)25;1-3-2;1-2;;;/h15-21,23,27H,6-14H2,1-5H3;15-21H,6-14H2,1-5H3;13,17-22H,6-12,14-16H2,1-5H3;3H,1-2H3;2H2;;1H;/q;;;;;+1;;/p-1/t16-,17-,18-,19?,20-,21?,23?,25+,26-;16-,17-,18-,19?,20-,21?,25+,26-;17-,18-,19-,20?,21-,22?,25+,26-;;;;;/m111...../s1/i;;;;;;;1+2. The minimum atomic E-state index is -0.346. The van der Waals surface area contributed by atoms with E-state index in [4.69, 9.17) is 15.2 Å². The molecule has 9 fully saturated rings. The van der Waals surface area contributed by atoms with Gasteiger partial charge in [-0.05, 0) is 308 Å². The van der Waals surface area contributed by atoms with Crippen molar-refractivity contribution in [3.8, 4) is 0 Å². The van der Waals surface area contributed by atoms with Gasteiger partial charge in [0.05, 0.1) is 35.0 Å². The molecule has 533 valence electrons. The van der Waals surface area contributed by atoms with Gasteiger partial charge in [-0.2, -0.15) is 9.12 Å². The van der Waals surface area contributed by atoms with Crippen molar-refractivity contribution in [2.24, 2.45) is 139 Å². The molecule has 0 saturated heterocycles. The van der Waals surface area contributed by atoms with Gasteiger partial charge in [0.25, 0.3) is 0 Å². The number of rotatable bonds is 12. The molecule has 0 aromatic rings. The minimum absolute atomic E-state index is 0.0462. The van der Waals surface area contributed by atoms with Crippen molar-refractivity contribution in [2.45, 2.75) is 269 Å². The summed E-state index contributed by atoms with van der Waals surface area (Å²) < 4.78 is 20.7. The van der Waals surface area contributed by atoms with Crippen molar-refractivity contribution >= 4 is 69.3 Å². The first-order chi connectivity index (χ1) is 44.5. The van der Waals surface area contributed by atoms with E-state index in [1.165, 1.54) is 162 Å². The fraction of sp³-hybridized carbons (Fsp3) is 0.875. The maximum atomic E-state index is 13.7. The number of fused-ring (bicyclic) bond motifs is 15. The van der Waals surface area contributed by atoms with Crippen LogP contribution in [0.25, 0.3) is 0 Å². The Morgan fingerprint density at radius 2 is 0.957 bits per heavy atom. The number of hydrogen-bond donors (Lipinski definition) is 1. The molecule has 1 N–H and O–H groups in total. The Bertz CT molecular complexity index is 2640. The Labute approximate surface area is 594 Å². The summed E-state index contributed by atoms with van der Waals surface area (Å²) in [5, 5.41) is 11.5. The monoisotopic (exact) mass is 1490 g/mol. The van der Waals surface area contributed by atoms with Gasteiger partial charge in [-0.15, -0.1) is 8.58 Å². The zero-order chi connectivity index (χ0) is 69.5. The van der Waals surface area contributed by atoms with Crippen LogP contribution in [0.3, 0.4) is 0 Å². The fourth-order valence-electron chi connectivity index (χ4n) is 24.8. The third kappa shape index (κ3) is 15.9. The molecule has 0 aromatic carbocycles. The number of ketones is 1. The molecule has 12 aliphatic rings. The van der Waals surface area contributed by atoms with Crippen LogP contribution < -0.4 is 0 Å². The van der Waals surface area contributed by atoms with Crippen LogP contribution in [0.5, 0.6) is 0 Å². The Hall–Kier alpha value is -0.566. The SMILES string of the molecule is COC(=O)CC[C@@H](C)[C@H]1CCC2C3CC[C@@H]4C[C@H](C)CC[C@]4(C)C3=CC(=O)[C@@]21C.COC(=O)CC[C@@H](C)[C@H]1CCC2C3CC[C@@H]4C[C@H](C)CC[C@]4(C)C3=CC(O)[C@@]21C.COC(=O)CC[C@@H](C)[C@H]1CCC2C3CC[C@@H]4C[C@H](C)CC[C@]4(C)C3=CC[C@@]21C.CPC.[3H][Cu][I].[B]P. The molecule has 0 aromatic heterocycles. The first-order valence-electron chi connectivity index (χ1n) is 38.0. The van der Waals surface area contributed by atoms with Gasteiger partial charge >= 0.3 is 51.8 Å². The van der Waals surface area contributed by atoms with Crippen LogP contribution in [0.1, 0.15) is 263 Å². The summed E-state index contributed by atoms with van der Waals surface area (Å²) in [6, 6.07) is 0. The van der Waals surface area contributed by atoms with Crippen LogP contribution in [0.15, 0.2) is 34.9 Å². The maximum Gasteiger partial charge on any atom is 0.0996 e. The van der Waals surface area contributed by atoms with Crippen molar-refractivity contribution in [3.05, 3.63) is 34.9 Å². The van der Waals surface area contributed by atoms with E-state index in [1.54, 1.807) is 5.57 Å². The van der Waals surface area contributed by atoms with E-state index >= 15 is 0 Å². The molecule has 8 unspecified atom stereocenters. The molecule has 2 radical (unpaired) electrons. The Balaban J connectivity index is 0.000000189. The van der Waals surface area contributed by atoms with Gasteiger partial charge in [0.15, 0.2) is 5.78 Å². The minimum Gasteiger partial charge on any atom is -0.187 e. The number of hydrogen-bond acceptors (Lipinski definition) is 8. The summed E-state index contributed by atoms with van der Waals surface area (Å²) in [4.78, 5) is 48.6.